The molecule has 0 radical (unpaired) electrons. The van der Waals surface area contributed by atoms with Gasteiger partial charge in [-0.2, -0.15) is 5.10 Å². The molecule has 0 aliphatic rings. The Morgan fingerprint density at radius 3 is 2.47 bits per heavy atom. The van der Waals surface area contributed by atoms with Crippen LogP contribution in [0.25, 0.3) is 43.8 Å². The molecule has 0 saturated heterocycles. The van der Waals surface area contributed by atoms with Crippen LogP contribution in [0.3, 0.4) is 0 Å². The van der Waals surface area contributed by atoms with E-state index >= 15 is 0 Å². The minimum Gasteiger partial charge on any atom is -0.361 e. The fourth-order valence-corrected chi connectivity index (χ4v) is 4.76. The molecule has 32 heavy (non-hydrogen) atoms. The van der Waals surface area contributed by atoms with Crippen molar-refractivity contribution in [1.82, 2.24) is 15.2 Å². The third kappa shape index (κ3) is 3.46. The highest BCUT2D eigenvalue weighted by Gasteiger charge is 2.10. The van der Waals surface area contributed by atoms with Crippen LogP contribution < -0.4 is 0 Å². The van der Waals surface area contributed by atoms with E-state index in [0.29, 0.717) is 0 Å². The SMILES string of the molecule is c1ccc2cc(-c3n[nH]c4ccc(CCCCc5c[nH]c6ccccc56)cc34)ccc2c1. The van der Waals surface area contributed by atoms with Crippen LogP contribution >= 0.6 is 0 Å². The number of para-hydroxylation sites is 1. The highest BCUT2D eigenvalue weighted by atomic mass is 15.1. The van der Waals surface area contributed by atoms with Gasteiger partial charge in [0.1, 0.15) is 0 Å². The highest BCUT2D eigenvalue weighted by molar-refractivity contribution is 5.96. The van der Waals surface area contributed by atoms with Crippen molar-refractivity contribution in [3.8, 4) is 11.3 Å². The van der Waals surface area contributed by atoms with Crippen molar-refractivity contribution < 1.29 is 0 Å². The number of nitrogens with zero attached hydrogens (tertiary/aromatic N) is 1. The molecule has 0 fully saturated rings. The smallest absolute Gasteiger partial charge is 0.0999 e. The minimum atomic E-state index is 1.03. The van der Waals surface area contributed by atoms with E-state index in [4.69, 9.17) is 0 Å². The first-order valence-corrected chi connectivity index (χ1v) is 11.4. The normalized spacial score (nSPS) is 11.6. The molecule has 6 rings (SSSR count). The monoisotopic (exact) mass is 415 g/mol. The second-order valence-electron chi connectivity index (χ2n) is 8.58. The van der Waals surface area contributed by atoms with Gasteiger partial charge in [-0.3, -0.25) is 5.10 Å². The van der Waals surface area contributed by atoms with Crippen LogP contribution in [0.4, 0.5) is 0 Å². The molecule has 2 heterocycles. The molecule has 0 amide bonds. The number of aromatic amines is 2. The van der Waals surface area contributed by atoms with E-state index in [9.17, 15) is 0 Å². The van der Waals surface area contributed by atoms with Gasteiger partial charge >= 0.3 is 0 Å². The molecule has 0 atom stereocenters. The number of H-pyrrole nitrogens is 2. The predicted molar refractivity (Wildman–Crippen MR) is 134 cm³/mol. The Hall–Kier alpha value is -3.85. The van der Waals surface area contributed by atoms with Crippen LogP contribution in [0.5, 0.6) is 0 Å². The maximum Gasteiger partial charge on any atom is 0.0999 e. The molecule has 156 valence electrons. The zero-order valence-corrected chi connectivity index (χ0v) is 17.9. The molecule has 3 heteroatoms. The molecule has 0 spiro atoms. The van der Waals surface area contributed by atoms with E-state index in [1.54, 1.807) is 0 Å². The summed E-state index contributed by atoms with van der Waals surface area (Å²) in [5.74, 6) is 0. The molecular weight excluding hydrogens is 390 g/mol. The summed E-state index contributed by atoms with van der Waals surface area (Å²) in [5, 5.41) is 12.9. The second kappa shape index (κ2) is 8.01. The van der Waals surface area contributed by atoms with Crippen molar-refractivity contribution in [1.29, 1.82) is 0 Å². The van der Waals surface area contributed by atoms with Crippen molar-refractivity contribution in [2.75, 3.05) is 0 Å². The van der Waals surface area contributed by atoms with Gasteiger partial charge < -0.3 is 4.98 Å². The van der Waals surface area contributed by atoms with Crippen LogP contribution in [0.2, 0.25) is 0 Å². The van der Waals surface area contributed by atoms with Crippen molar-refractivity contribution in [3.63, 3.8) is 0 Å². The Labute approximate surface area is 187 Å². The summed E-state index contributed by atoms with van der Waals surface area (Å²) >= 11 is 0. The first-order chi connectivity index (χ1) is 15.8. The predicted octanol–water partition coefficient (Wildman–Crippen LogP) is 7.43. The van der Waals surface area contributed by atoms with Gasteiger partial charge in [0.2, 0.25) is 0 Å². The van der Waals surface area contributed by atoms with E-state index in [-0.39, 0.29) is 0 Å². The van der Waals surface area contributed by atoms with Crippen LogP contribution in [-0.4, -0.2) is 15.2 Å². The van der Waals surface area contributed by atoms with Gasteiger partial charge in [-0.05, 0) is 71.8 Å². The zero-order chi connectivity index (χ0) is 21.3. The van der Waals surface area contributed by atoms with Gasteiger partial charge in [-0.15, -0.1) is 0 Å². The Morgan fingerprint density at radius 2 is 1.50 bits per heavy atom. The maximum atomic E-state index is 4.64. The molecule has 2 N–H and O–H groups in total. The fourth-order valence-electron chi connectivity index (χ4n) is 4.76. The van der Waals surface area contributed by atoms with E-state index < -0.39 is 0 Å². The highest BCUT2D eigenvalue weighted by Crippen LogP contribution is 2.30. The standard InChI is InChI=1S/C29H25N3/c1(2-10-24-19-30-27-12-6-5-11-25(24)27)7-20-13-16-28-26(17-20)29(32-31-28)23-15-14-21-8-3-4-9-22(21)18-23/h3-6,8-9,11-19,30H,1-2,7,10H2,(H,31,32). The van der Waals surface area contributed by atoms with E-state index in [1.807, 2.05) is 0 Å². The number of hydrogen-bond donors (Lipinski definition) is 2. The number of aryl methyl sites for hydroxylation is 2. The van der Waals surface area contributed by atoms with Crippen LogP contribution in [0.1, 0.15) is 24.0 Å². The molecule has 0 unspecified atom stereocenters. The number of nitrogens with one attached hydrogen (secondary N) is 2. The summed E-state index contributed by atoms with van der Waals surface area (Å²) in [5.41, 5.74) is 7.31. The molecule has 0 aliphatic carbocycles. The summed E-state index contributed by atoms with van der Waals surface area (Å²) in [4.78, 5) is 3.39. The molecule has 0 aliphatic heterocycles. The summed E-state index contributed by atoms with van der Waals surface area (Å²) in [6.07, 6.45) is 6.72. The Kier molecular flexibility index (Phi) is 4.73. The van der Waals surface area contributed by atoms with Crippen molar-refractivity contribution >= 4 is 32.6 Å². The molecule has 0 bridgehead atoms. The maximum absolute atomic E-state index is 4.64. The lowest BCUT2D eigenvalue weighted by molar-refractivity contribution is 0.737. The molecule has 4 aromatic carbocycles. The Bertz CT molecular complexity index is 1540. The summed E-state index contributed by atoms with van der Waals surface area (Å²) < 4.78 is 0. The summed E-state index contributed by atoms with van der Waals surface area (Å²) in [7, 11) is 0. The average Bonchev–Trinajstić information content (AvgIpc) is 3.45. The van der Waals surface area contributed by atoms with Gasteiger partial charge in [0.15, 0.2) is 0 Å². The van der Waals surface area contributed by atoms with E-state index in [0.717, 1.165) is 29.6 Å². The molecule has 3 nitrogen and oxygen atoms in total. The number of aromatic nitrogens is 3. The molecule has 2 aromatic heterocycles. The minimum absolute atomic E-state index is 1.03. The second-order valence-corrected chi connectivity index (χ2v) is 8.58. The summed E-state index contributed by atoms with van der Waals surface area (Å²) in [6, 6.07) is 30.3. The topological polar surface area (TPSA) is 44.5 Å². The number of unbranched alkanes of at least 4 members (excludes halogenated alkanes) is 1. The van der Waals surface area contributed by atoms with Crippen LogP contribution in [0, 0.1) is 0 Å². The van der Waals surface area contributed by atoms with Gasteiger partial charge in [0.05, 0.1) is 11.2 Å². The van der Waals surface area contributed by atoms with E-state index in [2.05, 4.69) is 106 Å². The van der Waals surface area contributed by atoms with Gasteiger partial charge in [0.25, 0.3) is 0 Å². The number of rotatable bonds is 6. The molecular formula is C29H25N3. The Balaban J connectivity index is 1.19. The number of hydrogen-bond acceptors (Lipinski definition) is 1. The quantitative estimate of drug-likeness (QED) is 0.273. The lowest BCUT2D eigenvalue weighted by Crippen LogP contribution is -1.89. The van der Waals surface area contributed by atoms with Gasteiger partial charge in [-0.1, -0.05) is 60.7 Å². The van der Waals surface area contributed by atoms with Gasteiger partial charge in [0, 0.05) is 28.0 Å². The molecule has 0 saturated carbocycles. The molecule has 6 aromatic rings. The fraction of sp³-hybridized carbons (Fsp3) is 0.138. The van der Waals surface area contributed by atoms with Gasteiger partial charge in [-0.25, -0.2) is 0 Å². The van der Waals surface area contributed by atoms with Crippen LogP contribution in [0.15, 0.2) is 91.1 Å². The summed E-state index contributed by atoms with van der Waals surface area (Å²) in [6.45, 7) is 0. The lowest BCUT2D eigenvalue weighted by atomic mass is 9.99. The Morgan fingerprint density at radius 1 is 0.656 bits per heavy atom. The number of benzene rings is 4. The number of fused-ring (bicyclic) bond motifs is 3. The van der Waals surface area contributed by atoms with Crippen molar-refractivity contribution in [2.24, 2.45) is 0 Å². The third-order valence-corrected chi connectivity index (χ3v) is 6.49. The lowest BCUT2D eigenvalue weighted by Gasteiger charge is -2.05. The first-order valence-electron chi connectivity index (χ1n) is 11.4. The van der Waals surface area contributed by atoms with Crippen molar-refractivity contribution in [3.05, 3.63) is 102 Å². The third-order valence-electron chi connectivity index (χ3n) is 6.49. The van der Waals surface area contributed by atoms with Crippen molar-refractivity contribution in [2.45, 2.75) is 25.7 Å². The van der Waals surface area contributed by atoms with E-state index in [1.165, 1.54) is 51.0 Å². The largest absolute Gasteiger partial charge is 0.361 e. The first kappa shape index (κ1) is 18.9. The van der Waals surface area contributed by atoms with Crippen LogP contribution in [-0.2, 0) is 12.8 Å². The average molecular weight is 416 g/mol. The zero-order valence-electron chi connectivity index (χ0n) is 17.9.